The zero-order chi connectivity index (χ0) is 36.5. The Morgan fingerprint density at radius 2 is 1.10 bits per heavy atom. The molecule has 0 aromatic carbocycles. The van der Waals surface area contributed by atoms with Gasteiger partial charge in [-0.15, -0.1) is 0 Å². The first-order valence-electron chi connectivity index (χ1n) is 19.2. The molecule has 0 aliphatic heterocycles. The largest absolute Gasteiger partial charge is 0.756 e. The van der Waals surface area contributed by atoms with Crippen LogP contribution in [0.15, 0.2) is 36.5 Å². The number of phosphoric ester groups is 1. The summed E-state index contributed by atoms with van der Waals surface area (Å²) in [4.78, 5) is 37.2. The number of unbranched alkanes of at least 4 members (excludes halogenated alkanes) is 14. The van der Waals surface area contributed by atoms with E-state index in [0.29, 0.717) is 23.9 Å². The second-order valence-corrected chi connectivity index (χ2v) is 15.4. The van der Waals surface area contributed by atoms with E-state index in [-0.39, 0.29) is 26.1 Å². The molecule has 0 N–H and O–H groups in total. The van der Waals surface area contributed by atoms with E-state index in [0.717, 1.165) is 57.8 Å². The van der Waals surface area contributed by atoms with Crippen LogP contribution in [0.4, 0.5) is 0 Å². The van der Waals surface area contributed by atoms with Crippen molar-refractivity contribution in [2.75, 3.05) is 47.5 Å². The zero-order valence-corrected chi connectivity index (χ0v) is 32.8. The Morgan fingerprint density at radius 1 is 0.633 bits per heavy atom. The van der Waals surface area contributed by atoms with Crippen LogP contribution in [0.3, 0.4) is 0 Å². The standard InChI is InChI=1S/C39H72NO8P/c1-6-8-10-12-14-16-17-18-19-20-21-22-23-24-26-27-29-31-38(41)45-35-37(36-47-49(43,44)46-34-33-40(3,4)5)48-39(42)32-30-28-25-15-13-11-9-7-2/h14,16,18-19,21-22,37H,6-13,15,17,20,23-36H2,1-5H3/b16-14+,19-18+,22-21+/t37-/m0/s1. The van der Waals surface area contributed by atoms with E-state index in [2.05, 4.69) is 50.3 Å². The highest BCUT2D eigenvalue weighted by Crippen LogP contribution is 2.38. The number of allylic oxidation sites excluding steroid dienone is 6. The molecule has 49 heavy (non-hydrogen) atoms. The summed E-state index contributed by atoms with van der Waals surface area (Å²) >= 11 is 0. The number of phosphoric acid groups is 1. The fourth-order valence-corrected chi connectivity index (χ4v) is 5.56. The van der Waals surface area contributed by atoms with Gasteiger partial charge in [0.25, 0.3) is 7.82 Å². The van der Waals surface area contributed by atoms with E-state index in [1.807, 2.05) is 21.1 Å². The molecule has 0 amide bonds. The van der Waals surface area contributed by atoms with Crippen molar-refractivity contribution in [2.24, 2.45) is 0 Å². The van der Waals surface area contributed by atoms with Crippen LogP contribution in [0.5, 0.6) is 0 Å². The molecule has 1 unspecified atom stereocenters. The number of hydrogen-bond donors (Lipinski definition) is 0. The average Bonchev–Trinajstić information content (AvgIpc) is 3.04. The number of nitrogens with zero attached hydrogens (tertiary/aromatic N) is 1. The average molecular weight is 714 g/mol. The van der Waals surface area contributed by atoms with Crippen LogP contribution in [0.1, 0.15) is 149 Å². The lowest BCUT2D eigenvalue weighted by Crippen LogP contribution is -2.37. The van der Waals surface area contributed by atoms with E-state index in [1.54, 1.807) is 0 Å². The molecular weight excluding hydrogens is 641 g/mol. The van der Waals surface area contributed by atoms with E-state index >= 15 is 0 Å². The third kappa shape index (κ3) is 35.8. The van der Waals surface area contributed by atoms with Gasteiger partial charge < -0.3 is 27.9 Å². The van der Waals surface area contributed by atoms with Crippen LogP contribution in [0.2, 0.25) is 0 Å². The number of carbonyl (C=O) groups excluding carboxylic acids is 2. The maximum absolute atomic E-state index is 12.5. The lowest BCUT2D eigenvalue weighted by molar-refractivity contribution is -0.870. The molecule has 0 aromatic rings. The highest BCUT2D eigenvalue weighted by Gasteiger charge is 2.21. The highest BCUT2D eigenvalue weighted by atomic mass is 31.2. The van der Waals surface area contributed by atoms with Crippen LogP contribution in [0, 0.1) is 0 Å². The van der Waals surface area contributed by atoms with E-state index < -0.39 is 32.5 Å². The molecule has 0 aromatic heterocycles. The molecule has 0 spiro atoms. The SMILES string of the molecule is CCCCC/C=C/C/C=C/C/C=C/CCCCCCC(=O)OC[C@@H](COP(=O)([O-])OCC[N+](C)(C)C)OC(=O)CCCCCCCCCC. The number of quaternary nitrogens is 1. The first kappa shape index (κ1) is 47.2. The summed E-state index contributed by atoms with van der Waals surface area (Å²) in [7, 11) is 1.15. The Bertz CT molecular complexity index is 944. The Morgan fingerprint density at radius 3 is 1.67 bits per heavy atom. The summed E-state index contributed by atoms with van der Waals surface area (Å²) in [5, 5.41) is 0. The zero-order valence-electron chi connectivity index (χ0n) is 31.9. The van der Waals surface area contributed by atoms with Crippen LogP contribution >= 0.6 is 7.82 Å². The van der Waals surface area contributed by atoms with Crippen molar-refractivity contribution >= 4 is 19.8 Å². The van der Waals surface area contributed by atoms with Crippen LogP contribution in [-0.2, 0) is 32.7 Å². The molecule has 10 heteroatoms. The Kier molecular flexibility index (Phi) is 31.0. The van der Waals surface area contributed by atoms with Gasteiger partial charge in [-0.2, -0.15) is 0 Å². The molecule has 0 saturated carbocycles. The minimum Gasteiger partial charge on any atom is -0.756 e. The second-order valence-electron chi connectivity index (χ2n) is 13.9. The monoisotopic (exact) mass is 713 g/mol. The predicted octanol–water partition coefficient (Wildman–Crippen LogP) is 9.55. The normalized spacial score (nSPS) is 14.2. The molecule has 9 nitrogen and oxygen atoms in total. The van der Waals surface area contributed by atoms with Gasteiger partial charge in [-0.25, -0.2) is 0 Å². The Labute approximate surface area is 300 Å². The summed E-state index contributed by atoms with van der Waals surface area (Å²) in [6.07, 6.45) is 33.2. The summed E-state index contributed by atoms with van der Waals surface area (Å²) in [5.74, 6) is -0.867. The number of rotatable bonds is 34. The molecule has 0 radical (unpaired) electrons. The van der Waals surface area contributed by atoms with E-state index in [9.17, 15) is 19.0 Å². The molecule has 2 atom stereocenters. The minimum atomic E-state index is -4.62. The van der Waals surface area contributed by atoms with Gasteiger partial charge in [0, 0.05) is 12.8 Å². The molecule has 0 bridgehead atoms. The van der Waals surface area contributed by atoms with Crippen molar-refractivity contribution in [2.45, 2.75) is 155 Å². The fraction of sp³-hybridized carbons (Fsp3) is 0.795. The van der Waals surface area contributed by atoms with Gasteiger partial charge >= 0.3 is 11.9 Å². The van der Waals surface area contributed by atoms with Crippen molar-refractivity contribution < 1.29 is 42.1 Å². The van der Waals surface area contributed by atoms with E-state index in [1.165, 1.54) is 51.4 Å². The maximum atomic E-state index is 12.5. The van der Waals surface area contributed by atoms with Crippen molar-refractivity contribution in [3.63, 3.8) is 0 Å². The summed E-state index contributed by atoms with van der Waals surface area (Å²) in [6, 6.07) is 0. The van der Waals surface area contributed by atoms with Crippen molar-refractivity contribution in [1.29, 1.82) is 0 Å². The van der Waals surface area contributed by atoms with Crippen LogP contribution in [0.25, 0.3) is 0 Å². The van der Waals surface area contributed by atoms with Gasteiger partial charge in [0.1, 0.15) is 19.8 Å². The third-order valence-electron chi connectivity index (χ3n) is 7.91. The highest BCUT2D eigenvalue weighted by molar-refractivity contribution is 7.45. The fourth-order valence-electron chi connectivity index (χ4n) is 4.84. The minimum absolute atomic E-state index is 0.0346. The smallest absolute Gasteiger partial charge is 0.306 e. The van der Waals surface area contributed by atoms with Crippen molar-refractivity contribution in [1.82, 2.24) is 0 Å². The van der Waals surface area contributed by atoms with Crippen LogP contribution in [-0.4, -0.2) is 70.0 Å². The predicted molar refractivity (Wildman–Crippen MR) is 199 cm³/mol. The molecule has 0 fully saturated rings. The topological polar surface area (TPSA) is 111 Å². The molecule has 0 saturated heterocycles. The molecule has 286 valence electrons. The van der Waals surface area contributed by atoms with Gasteiger partial charge in [-0.3, -0.25) is 14.2 Å². The molecule has 0 rings (SSSR count). The molecule has 0 aliphatic carbocycles. The quantitative estimate of drug-likeness (QED) is 0.0213. The Balaban J connectivity index is 4.40. The van der Waals surface area contributed by atoms with Crippen molar-refractivity contribution in [3.8, 4) is 0 Å². The second kappa shape index (κ2) is 32.2. The third-order valence-corrected chi connectivity index (χ3v) is 8.88. The molecular formula is C39H72NO8P. The number of hydrogen-bond acceptors (Lipinski definition) is 8. The summed E-state index contributed by atoms with van der Waals surface area (Å²) < 4.78 is 33.6. The molecule has 0 aliphatic rings. The van der Waals surface area contributed by atoms with Gasteiger partial charge in [0.15, 0.2) is 6.10 Å². The Hall–Kier alpha value is -1.77. The number of likely N-dealkylation sites (N-methyl/N-ethyl adjacent to an activating group) is 1. The van der Waals surface area contributed by atoms with Crippen LogP contribution < -0.4 is 4.89 Å². The van der Waals surface area contributed by atoms with Gasteiger partial charge in [-0.1, -0.05) is 121 Å². The number of ether oxygens (including phenoxy) is 2. The first-order valence-corrected chi connectivity index (χ1v) is 20.7. The van der Waals surface area contributed by atoms with Crippen molar-refractivity contribution in [3.05, 3.63) is 36.5 Å². The number of carbonyl (C=O) groups is 2. The van der Waals surface area contributed by atoms with E-state index in [4.69, 9.17) is 18.5 Å². The maximum Gasteiger partial charge on any atom is 0.306 e. The number of esters is 2. The van der Waals surface area contributed by atoms with Gasteiger partial charge in [0.05, 0.1) is 27.7 Å². The lowest BCUT2D eigenvalue weighted by atomic mass is 10.1. The summed E-state index contributed by atoms with van der Waals surface area (Å²) in [6.45, 7) is 4.11. The van der Waals surface area contributed by atoms with Gasteiger partial charge in [-0.05, 0) is 51.4 Å². The molecule has 0 heterocycles. The van der Waals surface area contributed by atoms with Gasteiger partial charge in [0.2, 0.25) is 0 Å². The summed E-state index contributed by atoms with van der Waals surface area (Å²) in [5.41, 5.74) is 0. The lowest BCUT2D eigenvalue weighted by Gasteiger charge is -2.28. The first-order chi connectivity index (χ1) is 23.5.